The first-order valence-corrected chi connectivity index (χ1v) is 11.4. The van der Waals surface area contributed by atoms with Crippen LogP contribution in [0, 0.1) is 0 Å². The molecule has 0 aromatic heterocycles. The fourth-order valence-corrected chi connectivity index (χ4v) is 3.96. The van der Waals surface area contributed by atoms with Crippen molar-refractivity contribution in [1.29, 1.82) is 0 Å². The predicted molar refractivity (Wildman–Crippen MR) is 132 cm³/mol. The Morgan fingerprint density at radius 1 is 0.939 bits per heavy atom. The zero-order valence-electron chi connectivity index (χ0n) is 18.9. The minimum Gasteiger partial charge on any atom is -0.491 e. The third-order valence-electron chi connectivity index (χ3n) is 5.63. The number of nitrogens with zero attached hydrogens (tertiary/aromatic N) is 1. The Labute approximate surface area is 194 Å². The lowest BCUT2D eigenvalue weighted by Crippen LogP contribution is -2.19. The molecule has 0 saturated heterocycles. The van der Waals surface area contributed by atoms with E-state index >= 15 is 0 Å². The summed E-state index contributed by atoms with van der Waals surface area (Å²) in [4.78, 5) is 14.0. The smallest absolute Gasteiger partial charge is 0.331 e. The molecule has 0 amide bonds. The van der Waals surface area contributed by atoms with E-state index in [0.29, 0.717) is 31.8 Å². The monoisotopic (exact) mass is 443 g/mol. The lowest BCUT2D eigenvalue weighted by Gasteiger charge is -2.25. The summed E-state index contributed by atoms with van der Waals surface area (Å²) in [7, 11) is 0. The summed E-state index contributed by atoms with van der Waals surface area (Å²) in [5, 5.41) is 9.67. The van der Waals surface area contributed by atoms with Crippen molar-refractivity contribution in [2.45, 2.75) is 19.8 Å². The second-order valence-corrected chi connectivity index (χ2v) is 7.97. The molecule has 0 radical (unpaired) electrons. The number of anilines is 2. The van der Waals surface area contributed by atoms with E-state index in [2.05, 4.69) is 42.2 Å². The van der Waals surface area contributed by atoms with Gasteiger partial charge in [0.05, 0.1) is 6.61 Å². The number of carbonyl (C=O) groups is 1. The maximum atomic E-state index is 11.8. The Kier molecular flexibility index (Phi) is 7.43. The van der Waals surface area contributed by atoms with Crippen LogP contribution < -0.4 is 9.64 Å². The van der Waals surface area contributed by atoms with E-state index < -0.39 is 5.97 Å². The van der Waals surface area contributed by atoms with Crippen LogP contribution in [-0.4, -0.2) is 37.4 Å². The van der Waals surface area contributed by atoms with E-state index in [0.717, 1.165) is 46.8 Å². The molecule has 5 nitrogen and oxygen atoms in total. The zero-order chi connectivity index (χ0) is 23.0. The van der Waals surface area contributed by atoms with Crippen LogP contribution >= 0.6 is 0 Å². The molecule has 3 aromatic rings. The van der Waals surface area contributed by atoms with Gasteiger partial charge in [0.2, 0.25) is 0 Å². The number of carboxylic acids is 1. The third-order valence-corrected chi connectivity index (χ3v) is 5.63. The number of hydrogen-bond acceptors (Lipinski definition) is 4. The van der Waals surface area contributed by atoms with Crippen LogP contribution in [0.25, 0.3) is 17.2 Å². The van der Waals surface area contributed by atoms with Gasteiger partial charge in [-0.1, -0.05) is 43.3 Å². The number of ether oxygens (including phenoxy) is 2. The Balaban J connectivity index is 1.59. The van der Waals surface area contributed by atoms with Crippen molar-refractivity contribution in [1.82, 2.24) is 0 Å². The van der Waals surface area contributed by atoms with E-state index in [-0.39, 0.29) is 0 Å². The summed E-state index contributed by atoms with van der Waals surface area (Å²) < 4.78 is 11.2. The maximum absolute atomic E-state index is 11.8. The van der Waals surface area contributed by atoms with Crippen LogP contribution in [0.5, 0.6) is 5.75 Å². The van der Waals surface area contributed by atoms with E-state index in [4.69, 9.17) is 9.47 Å². The summed E-state index contributed by atoms with van der Waals surface area (Å²) in [5.74, 6) is -0.0670. The normalized spacial score (nSPS) is 13.1. The van der Waals surface area contributed by atoms with Crippen molar-refractivity contribution in [3.05, 3.63) is 83.9 Å². The maximum Gasteiger partial charge on any atom is 0.331 e. The molecular weight excluding hydrogens is 414 g/mol. The third kappa shape index (κ3) is 5.62. The standard InChI is InChI=1S/C28H29NO4/c1-2-16-32-17-18-33-26-11-8-21(9-12-26)22-10-13-27-24(19-22)20-23(28(30)31)14-15-29(27)25-6-4-3-5-7-25/h3-13,19-20H,2,14-18H2,1H3,(H,30,31). The van der Waals surface area contributed by atoms with Crippen molar-refractivity contribution in [2.75, 3.05) is 31.3 Å². The lowest BCUT2D eigenvalue weighted by molar-refractivity contribution is -0.132. The molecule has 1 aliphatic heterocycles. The zero-order valence-corrected chi connectivity index (χ0v) is 18.9. The number of benzene rings is 3. The highest BCUT2D eigenvalue weighted by Crippen LogP contribution is 2.36. The fraction of sp³-hybridized carbons (Fsp3) is 0.250. The van der Waals surface area contributed by atoms with E-state index in [1.165, 1.54) is 0 Å². The highest BCUT2D eigenvalue weighted by molar-refractivity contribution is 5.95. The number of para-hydroxylation sites is 1. The molecule has 1 heterocycles. The Morgan fingerprint density at radius 2 is 1.70 bits per heavy atom. The van der Waals surface area contributed by atoms with Gasteiger partial charge in [0, 0.05) is 30.1 Å². The molecule has 0 aliphatic carbocycles. The van der Waals surface area contributed by atoms with Crippen molar-refractivity contribution in [2.24, 2.45) is 0 Å². The van der Waals surface area contributed by atoms with Crippen LogP contribution in [0.1, 0.15) is 25.3 Å². The second-order valence-electron chi connectivity index (χ2n) is 7.97. The van der Waals surface area contributed by atoms with Crippen molar-refractivity contribution < 1.29 is 19.4 Å². The summed E-state index contributed by atoms with van der Waals surface area (Å²) >= 11 is 0. The fourth-order valence-electron chi connectivity index (χ4n) is 3.96. The van der Waals surface area contributed by atoms with E-state index in [9.17, 15) is 9.90 Å². The van der Waals surface area contributed by atoms with Gasteiger partial charge < -0.3 is 19.5 Å². The molecule has 5 heteroatoms. The Morgan fingerprint density at radius 3 is 2.42 bits per heavy atom. The number of aliphatic carboxylic acids is 1. The van der Waals surface area contributed by atoms with Gasteiger partial charge >= 0.3 is 5.97 Å². The van der Waals surface area contributed by atoms with Crippen LogP contribution in [0.4, 0.5) is 11.4 Å². The number of hydrogen-bond donors (Lipinski definition) is 1. The Bertz CT molecular complexity index is 1110. The quantitative estimate of drug-likeness (QED) is 0.401. The molecule has 1 aliphatic rings. The van der Waals surface area contributed by atoms with E-state index in [1.54, 1.807) is 6.08 Å². The number of rotatable bonds is 9. The summed E-state index contributed by atoms with van der Waals surface area (Å²) in [6, 6.07) is 24.3. The SMILES string of the molecule is CCCOCCOc1ccc(-c2ccc3c(c2)C=C(C(=O)O)CCN3c2ccccc2)cc1. The molecule has 0 atom stereocenters. The van der Waals surface area contributed by atoms with Crippen LogP contribution in [0.15, 0.2) is 78.4 Å². The van der Waals surface area contributed by atoms with Gasteiger partial charge in [-0.05, 0) is 72.0 Å². The Hall–Kier alpha value is -3.57. The first kappa shape index (κ1) is 22.6. The molecule has 3 aromatic carbocycles. The van der Waals surface area contributed by atoms with Crippen molar-refractivity contribution in [3.8, 4) is 16.9 Å². The van der Waals surface area contributed by atoms with Crippen LogP contribution in [-0.2, 0) is 9.53 Å². The van der Waals surface area contributed by atoms with Crippen LogP contribution in [0.2, 0.25) is 0 Å². The molecule has 0 spiro atoms. The van der Waals surface area contributed by atoms with Gasteiger partial charge in [-0.2, -0.15) is 0 Å². The molecule has 0 unspecified atom stereocenters. The van der Waals surface area contributed by atoms with Crippen molar-refractivity contribution >= 4 is 23.4 Å². The van der Waals surface area contributed by atoms with E-state index in [1.807, 2.05) is 42.5 Å². The summed E-state index contributed by atoms with van der Waals surface area (Å²) in [5.41, 5.74) is 5.46. The van der Waals surface area contributed by atoms with Gasteiger partial charge in [-0.3, -0.25) is 0 Å². The molecule has 170 valence electrons. The van der Waals surface area contributed by atoms with Gasteiger partial charge in [0.25, 0.3) is 0 Å². The molecule has 1 N–H and O–H groups in total. The molecule has 33 heavy (non-hydrogen) atoms. The second kappa shape index (κ2) is 10.8. The average molecular weight is 444 g/mol. The molecule has 0 fully saturated rings. The minimum absolute atomic E-state index is 0.417. The number of fused-ring (bicyclic) bond motifs is 1. The number of carboxylic acid groups (broad SMARTS) is 1. The summed E-state index contributed by atoms with van der Waals surface area (Å²) in [6.45, 7) is 4.55. The summed E-state index contributed by atoms with van der Waals surface area (Å²) in [6.07, 6.45) is 3.28. The predicted octanol–water partition coefficient (Wildman–Crippen LogP) is 6.17. The molecular formula is C28H29NO4. The van der Waals surface area contributed by atoms with Gasteiger partial charge in [-0.25, -0.2) is 4.79 Å². The lowest BCUT2D eigenvalue weighted by atomic mass is 10.00. The van der Waals surface area contributed by atoms with Gasteiger partial charge in [-0.15, -0.1) is 0 Å². The largest absolute Gasteiger partial charge is 0.491 e. The van der Waals surface area contributed by atoms with Crippen LogP contribution in [0.3, 0.4) is 0 Å². The molecule has 4 rings (SSSR count). The topological polar surface area (TPSA) is 59.0 Å². The first-order valence-electron chi connectivity index (χ1n) is 11.4. The van der Waals surface area contributed by atoms with Crippen molar-refractivity contribution in [3.63, 3.8) is 0 Å². The van der Waals surface area contributed by atoms with Gasteiger partial charge in [0.15, 0.2) is 0 Å². The highest BCUT2D eigenvalue weighted by Gasteiger charge is 2.20. The molecule has 0 saturated carbocycles. The average Bonchev–Trinajstić information content (AvgIpc) is 3.04. The highest BCUT2D eigenvalue weighted by atomic mass is 16.5. The van der Waals surface area contributed by atoms with Gasteiger partial charge in [0.1, 0.15) is 12.4 Å². The molecule has 0 bridgehead atoms. The minimum atomic E-state index is -0.870. The first-order chi connectivity index (χ1) is 16.2.